The Labute approximate surface area is 161 Å². The van der Waals surface area contributed by atoms with Gasteiger partial charge < -0.3 is 5.11 Å². The van der Waals surface area contributed by atoms with Gasteiger partial charge in [0.15, 0.2) is 0 Å². The van der Waals surface area contributed by atoms with E-state index in [9.17, 15) is 9.50 Å². The van der Waals surface area contributed by atoms with E-state index in [4.69, 9.17) is 0 Å². The van der Waals surface area contributed by atoms with Crippen LogP contribution in [0.15, 0.2) is 96.4 Å². The summed E-state index contributed by atoms with van der Waals surface area (Å²) in [5.41, 5.74) is 5.89. The molecule has 1 heterocycles. The summed E-state index contributed by atoms with van der Waals surface area (Å²) >= 11 is 0. The molecule has 0 aliphatic heterocycles. The molecule has 0 amide bonds. The van der Waals surface area contributed by atoms with Gasteiger partial charge in [0, 0.05) is 17.3 Å². The van der Waals surface area contributed by atoms with Crippen molar-refractivity contribution in [2.24, 2.45) is 5.10 Å². The van der Waals surface area contributed by atoms with E-state index >= 15 is 0 Å². The SMILES string of the molecule is Oc1ccc(F)cc1/C(=N\Nc1ccccc1)c1cnn(-c2ccccc2)c1. The summed E-state index contributed by atoms with van der Waals surface area (Å²) in [7, 11) is 0. The van der Waals surface area contributed by atoms with Crippen LogP contribution in [0.2, 0.25) is 0 Å². The third-order valence-electron chi connectivity index (χ3n) is 4.16. The molecule has 4 aromatic rings. The van der Waals surface area contributed by atoms with Crippen molar-refractivity contribution < 1.29 is 9.50 Å². The topological polar surface area (TPSA) is 62.4 Å². The van der Waals surface area contributed by atoms with E-state index in [-0.39, 0.29) is 11.3 Å². The first kappa shape index (κ1) is 17.5. The average molecular weight is 372 g/mol. The van der Waals surface area contributed by atoms with Crippen molar-refractivity contribution in [3.63, 3.8) is 0 Å². The van der Waals surface area contributed by atoms with Crippen LogP contribution in [0.4, 0.5) is 10.1 Å². The summed E-state index contributed by atoms with van der Waals surface area (Å²) in [6, 6.07) is 22.8. The number of hydrogen-bond donors (Lipinski definition) is 2. The van der Waals surface area contributed by atoms with E-state index in [0.29, 0.717) is 11.3 Å². The average Bonchev–Trinajstić information content (AvgIpc) is 3.22. The Balaban J connectivity index is 1.77. The highest BCUT2D eigenvalue weighted by Crippen LogP contribution is 2.23. The quantitative estimate of drug-likeness (QED) is 0.398. The summed E-state index contributed by atoms with van der Waals surface area (Å²) < 4.78 is 15.5. The van der Waals surface area contributed by atoms with Crippen molar-refractivity contribution in [2.45, 2.75) is 0 Å². The zero-order valence-corrected chi connectivity index (χ0v) is 14.8. The summed E-state index contributed by atoms with van der Waals surface area (Å²) in [6.07, 6.45) is 3.41. The minimum absolute atomic E-state index is 0.0672. The number of rotatable bonds is 5. The fourth-order valence-electron chi connectivity index (χ4n) is 2.78. The predicted octanol–water partition coefficient (Wildman–Crippen LogP) is 4.58. The molecule has 0 bridgehead atoms. The van der Waals surface area contributed by atoms with Crippen LogP contribution < -0.4 is 5.43 Å². The third kappa shape index (κ3) is 3.76. The number of nitrogens with zero attached hydrogens (tertiary/aromatic N) is 3. The summed E-state index contributed by atoms with van der Waals surface area (Å²) in [6.45, 7) is 0. The van der Waals surface area contributed by atoms with E-state index in [2.05, 4.69) is 15.6 Å². The first-order valence-electron chi connectivity index (χ1n) is 8.69. The van der Waals surface area contributed by atoms with Gasteiger partial charge in [-0.25, -0.2) is 9.07 Å². The van der Waals surface area contributed by atoms with Gasteiger partial charge in [-0.2, -0.15) is 10.2 Å². The van der Waals surface area contributed by atoms with Crippen LogP contribution in [0.25, 0.3) is 5.69 Å². The van der Waals surface area contributed by atoms with Gasteiger partial charge in [0.25, 0.3) is 0 Å². The van der Waals surface area contributed by atoms with Crippen molar-refractivity contribution in [1.82, 2.24) is 9.78 Å². The molecule has 28 heavy (non-hydrogen) atoms. The van der Waals surface area contributed by atoms with Crippen LogP contribution in [0.1, 0.15) is 11.1 Å². The maximum atomic E-state index is 13.8. The molecule has 0 saturated carbocycles. The van der Waals surface area contributed by atoms with Crippen molar-refractivity contribution in [1.29, 1.82) is 0 Å². The lowest BCUT2D eigenvalue weighted by Crippen LogP contribution is -2.07. The van der Waals surface area contributed by atoms with E-state index < -0.39 is 5.82 Å². The Morgan fingerprint density at radius 3 is 2.43 bits per heavy atom. The Morgan fingerprint density at radius 1 is 0.964 bits per heavy atom. The highest BCUT2D eigenvalue weighted by molar-refractivity contribution is 6.14. The second kappa shape index (κ2) is 7.75. The number of hydrazone groups is 1. The number of benzene rings is 3. The molecule has 0 fully saturated rings. The standard InChI is InChI=1S/C22H17FN4O/c23-17-11-12-21(28)20(13-17)22(26-25-18-7-3-1-4-8-18)16-14-24-27(15-16)19-9-5-2-6-10-19/h1-15,25,28H/b26-22-. The van der Waals surface area contributed by atoms with Crippen LogP contribution in [-0.2, 0) is 0 Å². The van der Waals surface area contributed by atoms with E-state index in [1.807, 2.05) is 60.7 Å². The zero-order valence-electron chi connectivity index (χ0n) is 14.8. The second-order valence-electron chi connectivity index (χ2n) is 6.11. The van der Waals surface area contributed by atoms with E-state index in [1.54, 1.807) is 17.1 Å². The van der Waals surface area contributed by atoms with Crippen molar-refractivity contribution in [3.05, 3.63) is 108 Å². The Bertz CT molecular complexity index is 1110. The van der Waals surface area contributed by atoms with Gasteiger partial charge in [-0.15, -0.1) is 0 Å². The van der Waals surface area contributed by atoms with Crippen molar-refractivity contribution in [2.75, 3.05) is 5.43 Å². The molecule has 0 radical (unpaired) electrons. The summed E-state index contributed by atoms with van der Waals surface area (Å²) in [5, 5.41) is 19.1. The van der Waals surface area contributed by atoms with Gasteiger partial charge in [0.1, 0.15) is 17.3 Å². The summed E-state index contributed by atoms with van der Waals surface area (Å²) in [4.78, 5) is 0. The fraction of sp³-hybridized carbons (Fsp3) is 0. The first-order chi connectivity index (χ1) is 13.7. The molecule has 6 heteroatoms. The monoisotopic (exact) mass is 372 g/mol. The number of para-hydroxylation sites is 2. The first-order valence-corrected chi connectivity index (χ1v) is 8.69. The van der Waals surface area contributed by atoms with Gasteiger partial charge in [-0.3, -0.25) is 5.43 Å². The van der Waals surface area contributed by atoms with Gasteiger partial charge in [-0.05, 0) is 42.5 Å². The van der Waals surface area contributed by atoms with Gasteiger partial charge in [-0.1, -0.05) is 36.4 Å². The van der Waals surface area contributed by atoms with Gasteiger partial charge in [0.05, 0.1) is 17.6 Å². The maximum Gasteiger partial charge on any atom is 0.125 e. The molecule has 138 valence electrons. The molecule has 0 atom stereocenters. The highest BCUT2D eigenvalue weighted by Gasteiger charge is 2.16. The molecule has 5 nitrogen and oxygen atoms in total. The lowest BCUT2D eigenvalue weighted by atomic mass is 10.0. The summed E-state index contributed by atoms with van der Waals surface area (Å²) in [5.74, 6) is -0.530. The van der Waals surface area contributed by atoms with E-state index in [1.165, 1.54) is 18.2 Å². The number of hydrogen-bond acceptors (Lipinski definition) is 4. The minimum atomic E-state index is -0.462. The molecule has 0 aliphatic carbocycles. The molecule has 4 rings (SSSR count). The van der Waals surface area contributed by atoms with Gasteiger partial charge in [0.2, 0.25) is 0 Å². The Hall–Kier alpha value is -3.93. The molecule has 3 aromatic carbocycles. The van der Waals surface area contributed by atoms with Crippen LogP contribution in [0.3, 0.4) is 0 Å². The van der Waals surface area contributed by atoms with Crippen LogP contribution >= 0.6 is 0 Å². The van der Waals surface area contributed by atoms with Crippen LogP contribution in [0.5, 0.6) is 5.75 Å². The number of halogens is 1. The molecule has 0 aliphatic rings. The minimum Gasteiger partial charge on any atom is -0.507 e. The Kier molecular flexibility index (Phi) is 4.84. The molecule has 0 spiro atoms. The van der Waals surface area contributed by atoms with Crippen LogP contribution in [-0.4, -0.2) is 20.6 Å². The number of phenols is 1. The lowest BCUT2D eigenvalue weighted by Gasteiger charge is -2.09. The van der Waals surface area contributed by atoms with E-state index in [0.717, 1.165) is 11.4 Å². The number of anilines is 1. The lowest BCUT2D eigenvalue weighted by molar-refractivity contribution is 0.472. The zero-order chi connectivity index (χ0) is 19.3. The Morgan fingerprint density at radius 2 is 1.68 bits per heavy atom. The van der Waals surface area contributed by atoms with Crippen molar-refractivity contribution in [3.8, 4) is 11.4 Å². The van der Waals surface area contributed by atoms with Gasteiger partial charge >= 0.3 is 0 Å². The number of aromatic hydroxyl groups is 1. The van der Waals surface area contributed by atoms with Crippen molar-refractivity contribution >= 4 is 11.4 Å². The molecular formula is C22H17FN4O. The molecule has 0 saturated heterocycles. The molecular weight excluding hydrogens is 355 g/mol. The maximum absolute atomic E-state index is 13.8. The molecule has 1 aromatic heterocycles. The number of nitrogens with one attached hydrogen (secondary N) is 1. The van der Waals surface area contributed by atoms with Crippen LogP contribution in [0, 0.1) is 5.82 Å². The molecule has 0 unspecified atom stereocenters. The number of phenolic OH excluding ortho intramolecular Hbond substituents is 1. The fourth-order valence-corrected chi connectivity index (χ4v) is 2.78. The highest BCUT2D eigenvalue weighted by atomic mass is 19.1. The largest absolute Gasteiger partial charge is 0.507 e. The number of aromatic nitrogens is 2. The second-order valence-corrected chi connectivity index (χ2v) is 6.11. The normalized spacial score (nSPS) is 11.4. The smallest absolute Gasteiger partial charge is 0.125 e. The predicted molar refractivity (Wildman–Crippen MR) is 107 cm³/mol. The molecule has 2 N–H and O–H groups in total. The third-order valence-corrected chi connectivity index (χ3v) is 4.16.